The maximum Gasteiger partial charge on any atom is 0.236 e. The maximum atomic E-state index is 12.6. The zero-order valence-corrected chi connectivity index (χ0v) is 20.2. The Hall–Kier alpha value is -3.62. The molecule has 0 fully saturated rings. The molecule has 1 aromatic heterocycles. The number of fused-ring (bicyclic) bond motifs is 1. The van der Waals surface area contributed by atoms with Crippen molar-refractivity contribution < 1.29 is 13.5 Å². The number of sulfonamides is 1. The summed E-state index contributed by atoms with van der Waals surface area (Å²) in [7, 11) is 1.81. The van der Waals surface area contributed by atoms with Crippen LogP contribution in [0, 0.1) is 0 Å². The summed E-state index contributed by atoms with van der Waals surface area (Å²) in [6, 6.07) is 24.4. The summed E-state index contributed by atoms with van der Waals surface area (Å²) in [4.78, 5) is 9.73. The number of aromatic nitrogens is 1. The van der Waals surface area contributed by atoms with Crippen LogP contribution in [0.15, 0.2) is 83.9 Å². The van der Waals surface area contributed by atoms with Crippen molar-refractivity contribution in [3.05, 3.63) is 90.0 Å². The molecule has 0 aliphatic heterocycles. The van der Waals surface area contributed by atoms with Gasteiger partial charge in [-0.1, -0.05) is 48.5 Å². The molecule has 0 aliphatic carbocycles. The number of hydrogen-bond acceptors (Lipinski definition) is 5. The summed E-state index contributed by atoms with van der Waals surface area (Å²) in [5.74, 6) is 0.0844. The van der Waals surface area contributed by atoms with E-state index < -0.39 is 10.0 Å². The van der Waals surface area contributed by atoms with Gasteiger partial charge in [-0.05, 0) is 44.4 Å². The van der Waals surface area contributed by atoms with Crippen molar-refractivity contribution in [2.24, 2.45) is 4.99 Å². The van der Waals surface area contributed by atoms with E-state index in [0.29, 0.717) is 29.2 Å². The predicted molar refractivity (Wildman–Crippen MR) is 139 cm³/mol. The van der Waals surface area contributed by atoms with Crippen LogP contribution in [0.25, 0.3) is 10.9 Å². The van der Waals surface area contributed by atoms with Crippen LogP contribution in [0.2, 0.25) is 0 Å². The Kier molecular flexibility index (Phi) is 6.72. The topological polar surface area (TPSA) is 89.0 Å². The normalized spacial score (nSPS) is 12.4. The van der Waals surface area contributed by atoms with E-state index in [2.05, 4.69) is 4.98 Å². The zero-order chi connectivity index (χ0) is 24.3. The number of nitrogens with zero attached hydrogens (tertiary/aromatic N) is 3. The molecule has 1 heterocycles. The lowest BCUT2D eigenvalue weighted by molar-refractivity contribution is 0.432. The van der Waals surface area contributed by atoms with Crippen LogP contribution in [-0.4, -0.2) is 62.6 Å². The third-order valence-electron chi connectivity index (χ3n) is 5.64. The Morgan fingerprint density at radius 2 is 1.56 bits per heavy atom. The molecule has 4 rings (SSSR count). The lowest BCUT2D eigenvalue weighted by Gasteiger charge is -2.20. The molecule has 34 heavy (non-hydrogen) atoms. The van der Waals surface area contributed by atoms with Crippen molar-refractivity contribution in [3.8, 4) is 5.88 Å². The Morgan fingerprint density at radius 1 is 0.912 bits per heavy atom. The molecule has 8 heteroatoms. The molecule has 0 unspecified atom stereocenters. The van der Waals surface area contributed by atoms with Crippen LogP contribution in [0.3, 0.4) is 0 Å². The maximum absolute atomic E-state index is 12.6. The molecule has 2 N–H and O–H groups in total. The van der Waals surface area contributed by atoms with E-state index in [0.717, 1.165) is 16.5 Å². The van der Waals surface area contributed by atoms with Crippen LogP contribution in [0.5, 0.6) is 5.88 Å². The van der Waals surface area contributed by atoms with Crippen molar-refractivity contribution >= 4 is 38.0 Å². The average molecular weight is 477 g/mol. The van der Waals surface area contributed by atoms with Gasteiger partial charge in [0.05, 0.1) is 28.4 Å². The van der Waals surface area contributed by atoms with Crippen LogP contribution in [0.1, 0.15) is 11.1 Å². The number of rotatable bonds is 8. The highest BCUT2D eigenvalue weighted by Crippen LogP contribution is 2.32. The minimum atomic E-state index is -3.43. The van der Waals surface area contributed by atoms with Crippen molar-refractivity contribution in [2.75, 3.05) is 37.7 Å². The molecule has 0 atom stereocenters. The lowest BCUT2D eigenvalue weighted by Crippen LogP contribution is -2.33. The molecule has 4 aromatic rings. The van der Waals surface area contributed by atoms with Gasteiger partial charge in [-0.3, -0.25) is 4.31 Å². The number of benzene rings is 3. The van der Waals surface area contributed by atoms with E-state index in [-0.39, 0.29) is 11.6 Å². The van der Waals surface area contributed by atoms with E-state index >= 15 is 0 Å². The van der Waals surface area contributed by atoms with Crippen molar-refractivity contribution in [1.29, 1.82) is 0 Å². The second kappa shape index (κ2) is 9.70. The first-order valence-corrected chi connectivity index (χ1v) is 12.5. The fourth-order valence-electron chi connectivity index (χ4n) is 3.69. The quantitative estimate of drug-likeness (QED) is 0.370. The molecule has 7 nitrogen and oxygen atoms in total. The lowest BCUT2D eigenvalue weighted by atomic mass is 10.0. The number of aliphatic imine (C=N–C) groups is 1. The van der Waals surface area contributed by atoms with E-state index in [4.69, 9.17) is 4.99 Å². The fourth-order valence-corrected chi connectivity index (χ4v) is 5.00. The third kappa shape index (κ3) is 4.98. The van der Waals surface area contributed by atoms with E-state index in [1.54, 1.807) is 31.3 Å². The van der Waals surface area contributed by atoms with Gasteiger partial charge >= 0.3 is 0 Å². The summed E-state index contributed by atoms with van der Waals surface area (Å²) in [5.41, 5.74) is 4.12. The molecule has 0 amide bonds. The smallest absolute Gasteiger partial charge is 0.236 e. The highest BCUT2D eigenvalue weighted by atomic mass is 32.2. The number of anilines is 1. The molecular formula is C26H28N4O3S. The van der Waals surface area contributed by atoms with Crippen LogP contribution >= 0.6 is 0 Å². The fraction of sp³-hybridized carbons (Fsp3) is 0.192. The largest absolute Gasteiger partial charge is 0.494 e. The number of hydrogen-bond donors (Lipinski definition) is 2. The van der Waals surface area contributed by atoms with Crippen LogP contribution < -0.4 is 4.31 Å². The third-order valence-corrected chi connectivity index (χ3v) is 7.38. The van der Waals surface area contributed by atoms with Gasteiger partial charge < -0.3 is 15.0 Å². The van der Waals surface area contributed by atoms with Gasteiger partial charge in [-0.15, -0.1) is 0 Å². The SMILES string of the molecule is CN(C)CCS(=O)(=O)N(C)c1ccc(N=C(c2ccccc2)c2c(O)[nH]c3ccccc23)cc1. The Bertz CT molecular complexity index is 1410. The van der Waals surface area contributed by atoms with Gasteiger partial charge in [-0.25, -0.2) is 13.4 Å². The highest BCUT2D eigenvalue weighted by Gasteiger charge is 2.20. The van der Waals surface area contributed by atoms with Crippen LogP contribution in [0.4, 0.5) is 11.4 Å². The van der Waals surface area contributed by atoms with Crippen molar-refractivity contribution in [1.82, 2.24) is 9.88 Å². The summed E-state index contributed by atoms with van der Waals surface area (Å²) < 4.78 is 26.6. The van der Waals surface area contributed by atoms with E-state index in [1.165, 1.54) is 4.31 Å². The van der Waals surface area contributed by atoms with Gasteiger partial charge in [0.2, 0.25) is 10.0 Å². The number of para-hydroxylation sites is 1. The summed E-state index contributed by atoms with van der Waals surface area (Å²) in [5, 5.41) is 11.6. The molecule has 0 bridgehead atoms. The first-order chi connectivity index (χ1) is 16.3. The van der Waals surface area contributed by atoms with Gasteiger partial charge in [0.1, 0.15) is 0 Å². The van der Waals surface area contributed by atoms with Gasteiger partial charge in [0.15, 0.2) is 5.88 Å². The Morgan fingerprint density at radius 3 is 2.24 bits per heavy atom. The monoisotopic (exact) mass is 476 g/mol. The van der Waals surface area contributed by atoms with Crippen molar-refractivity contribution in [3.63, 3.8) is 0 Å². The van der Waals surface area contributed by atoms with Gasteiger partial charge in [0, 0.05) is 30.1 Å². The Balaban J connectivity index is 1.73. The number of nitrogens with one attached hydrogen (secondary N) is 1. The number of aromatic amines is 1. The molecular weight excluding hydrogens is 448 g/mol. The second-order valence-corrected chi connectivity index (χ2v) is 10.4. The first kappa shape index (κ1) is 23.5. The number of H-pyrrole nitrogens is 1. The Labute approximate surface area is 200 Å². The molecule has 0 spiro atoms. The van der Waals surface area contributed by atoms with Crippen LogP contribution in [-0.2, 0) is 10.0 Å². The zero-order valence-electron chi connectivity index (χ0n) is 19.4. The van der Waals surface area contributed by atoms with Crippen molar-refractivity contribution in [2.45, 2.75) is 0 Å². The predicted octanol–water partition coefficient (Wildman–Crippen LogP) is 4.37. The molecule has 3 aromatic carbocycles. The number of aromatic hydroxyl groups is 1. The summed E-state index contributed by atoms with van der Waals surface area (Å²) >= 11 is 0. The minimum Gasteiger partial charge on any atom is -0.494 e. The van der Waals surface area contributed by atoms with E-state index in [9.17, 15) is 13.5 Å². The molecule has 0 aliphatic rings. The van der Waals surface area contributed by atoms with E-state index in [1.807, 2.05) is 73.6 Å². The first-order valence-electron chi connectivity index (χ1n) is 10.9. The van der Waals surface area contributed by atoms with Gasteiger partial charge in [0.25, 0.3) is 0 Å². The molecule has 0 saturated heterocycles. The minimum absolute atomic E-state index is 0.0361. The standard InChI is InChI=1S/C26H28N4O3S/c1-29(2)17-18-34(32,33)30(3)21-15-13-20(14-16-21)27-25(19-9-5-4-6-10-19)24-22-11-7-8-12-23(22)28-26(24)31/h4-16,28,31H,17-18H2,1-3H3. The molecule has 0 saturated carbocycles. The second-order valence-electron chi connectivity index (χ2n) is 8.32. The summed E-state index contributed by atoms with van der Waals surface area (Å²) in [6.07, 6.45) is 0. The summed E-state index contributed by atoms with van der Waals surface area (Å²) in [6.45, 7) is 0.448. The molecule has 0 radical (unpaired) electrons. The highest BCUT2D eigenvalue weighted by molar-refractivity contribution is 7.92. The van der Waals surface area contributed by atoms with Gasteiger partial charge in [-0.2, -0.15) is 0 Å². The molecule has 176 valence electrons. The average Bonchev–Trinajstić information content (AvgIpc) is 3.17.